The Balaban J connectivity index is 2.09. The molecule has 3 nitrogen and oxygen atoms in total. The third kappa shape index (κ3) is 2.45. The molecule has 0 unspecified atom stereocenters. The molecule has 0 fully saturated rings. The van der Waals surface area contributed by atoms with E-state index < -0.39 is 0 Å². The van der Waals surface area contributed by atoms with Crippen molar-refractivity contribution in [1.29, 1.82) is 0 Å². The first kappa shape index (κ1) is 13.8. The van der Waals surface area contributed by atoms with Crippen molar-refractivity contribution >= 4 is 29.0 Å². The van der Waals surface area contributed by atoms with E-state index >= 15 is 0 Å². The lowest BCUT2D eigenvalue weighted by atomic mass is 9.95. The number of carbonyl (C=O) groups is 2. The second kappa shape index (κ2) is 5.01. The zero-order chi connectivity index (χ0) is 15.1. The number of hydrogen-bond acceptors (Lipinski definition) is 2. The fourth-order valence-corrected chi connectivity index (χ4v) is 2.80. The Kier molecular flexibility index (Phi) is 3.30. The fraction of sp³-hybridized carbons (Fsp3) is 0.176. The minimum atomic E-state index is -0.108. The number of rotatable bonds is 2. The summed E-state index contributed by atoms with van der Waals surface area (Å²) in [4.78, 5) is 24.2. The molecule has 1 amide bonds. The van der Waals surface area contributed by atoms with Crippen LogP contribution in [0, 0.1) is 13.8 Å². The Bertz CT molecular complexity index is 781. The highest BCUT2D eigenvalue weighted by Gasteiger charge is 2.23. The van der Waals surface area contributed by atoms with Crippen LogP contribution in [0.3, 0.4) is 0 Å². The third-order valence-corrected chi connectivity index (χ3v) is 4.01. The molecule has 0 aromatic heterocycles. The summed E-state index contributed by atoms with van der Waals surface area (Å²) in [5.41, 5.74) is 4.55. The number of nitrogens with one attached hydrogen (secondary N) is 1. The number of hydrogen-bond donors (Lipinski definition) is 1. The molecule has 1 heterocycles. The van der Waals surface area contributed by atoms with E-state index in [0.717, 1.165) is 16.7 Å². The molecule has 4 heteroatoms. The van der Waals surface area contributed by atoms with E-state index in [1.165, 1.54) is 0 Å². The van der Waals surface area contributed by atoms with E-state index in [1.807, 2.05) is 32.0 Å². The molecule has 0 saturated carbocycles. The summed E-state index contributed by atoms with van der Waals surface area (Å²) in [5.74, 6) is -0.180. The lowest BCUT2D eigenvalue weighted by molar-refractivity contribution is -0.115. The summed E-state index contributed by atoms with van der Waals surface area (Å²) >= 11 is 6.22. The van der Waals surface area contributed by atoms with Gasteiger partial charge in [0.15, 0.2) is 5.78 Å². The molecule has 21 heavy (non-hydrogen) atoms. The number of fused-ring (bicyclic) bond motifs is 1. The number of aryl methyl sites for hydroxylation is 2. The summed E-state index contributed by atoms with van der Waals surface area (Å²) < 4.78 is 0. The van der Waals surface area contributed by atoms with Gasteiger partial charge in [0.2, 0.25) is 5.91 Å². The Morgan fingerprint density at radius 2 is 1.90 bits per heavy atom. The van der Waals surface area contributed by atoms with Crippen LogP contribution in [-0.4, -0.2) is 11.7 Å². The van der Waals surface area contributed by atoms with Crippen LogP contribution in [0.5, 0.6) is 0 Å². The first-order chi connectivity index (χ1) is 9.95. The van der Waals surface area contributed by atoms with Gasteiger partial charge in [-0.3, -0.25) is 9.59 Å². The van der Waals surface area contributed by atoms with Crippen LogP contribution in [0.4, 0.5) is 5.69 Å². The molecule has 1 aliphatic rings. The standard InChI is InChI=1S/C17H14ClNO2/c1-9-3-4-10(2)12(5-9)17(21)13-6-11-7-16(20)19-15(11)8-14(13)18/h3-6,8H,7H2,1-2H3,(H,19,20). The summed E-state index contributed by atoms with van der Waals surface area (Å²) in [6.45, 7) is 3.85. The molecule has 1 aliphatic heterocycles. The van der Waals surface area contributed by atoms with Crippen molar-refractivity contribution in [2.75, 3.05) is 5.32 Å². The molecule has 0 bridgehead atoms. The fourth-order valence-electron chi connectivity index (χ4n) is 2.55. The number of halogens is 1. The molecule has 0 radical (unpaired) electrons. The van der Waals surface area contributed by atoms with Crippen molar-refractivity contribution in [2.45, 2.75) is 20.3 Å². The number of benzene rings is 2. The Hall–Kier alpha value is -2.13. The number of amides is 1. The summed E-state index contributed by atoms with van der Waals surface area (Å²) in [7, 11) is 0. The van der Waals surface area contributed by atoms with Gasteiger partial charge in [-0.25, -0.2) is 0 Å². The lowest BCUT2D eigenvalue weighted by Crippen LogP contribution is -2.05. The molecule has 0 aliphatic carbocycles. The van der Waals surface area contributed by atoms with Crippen LogP contribution < -0.4 is 5.32 Å². The molecule has 2 aromatic carbocycles. The van der Waals surface area contributed by atoms with Crippen molar-refractivity contribution in [3.63, 3.8) is 0 Å². The van der Waals surface area contributed by atoms with Crippen molar-refractivity contribution in [3.8, 4) is 0 Å². The van der Waals surface area contributed by atoms with E-state index in [4.69, 9.17) is 11.6 Å². The van der Waals surface area contributed by atoms with Crippen LogP contribution in [0.2, 0.25) is 5.02 Å². The SMILES string of the molecule is Cc1ccc(C)c(C(=O)c2cc3c(cc2Cl)NC(=O)C3)c1. The van der Waals surface area contributed by atoms with Crippen molar-refractivity contribution < 1.29 is 9.59 Å². The highest BCUT2D eigenvalue weighted by molar-refractivity contribution is 6.35. The number of carbonyl (C=O) groups excluding carboxylic acids is 2. The van der Waals surface area contributed by atoms with Crippen LogP contribution >= 0.6 is 11.6 Å². The Morgan fingerprint density at radius 1 is 1.14 bits per heavy atom. The van der Waals surface area contributed by atoms with Gasteiger partial charge in [-0.2, -0.15) is 0 Å². The Labute approximate surface area is 127 Å². The molecular formula is C17H14ClNO2. The van der Waals surface area contributed by atoms with Crippen LogP contribution in [0.25, 0.3) is 0 Å². The van der Waals surface area contributed by atoms with Gasteiger partial charge >= 0.3 is 0 Å². The van der Waals surface area contributed by atoms with Crippen molar-refractivity contribution in [1.82, 2.24) is 0 Å². The highest BCUT2D eigenvalue weighted by atomic mass is 35.5. The molecule has 2 aromatic rings. The van der Waals surface area contributed by atoms with Gasteiger partial charge in [-0.15, -0.1) is 0 Å². The van der Waals surface area contributed by atoms with Gasteiger partial charge in [-0.05, 0) is 43.2 Å². The molecule has 0 atom stereocenters. The van der Waals surface area contributed by atoms with Gasteiger partial charge in [0.05, 0.1) is 11.4 Å². The first-order valence-electron chi connectivity index (χ1n) is 6.70. The van der Waals surface area contributed by atoms with E-state index in [9.17, 15) is 9.59 Å². The molecule has 1 N–H and O–H groups in total. The smallest absolute Gasteiger partial charge is 0.228 e. The molecule has 3 rings (SSSR count). The number of ketones is 1. The zero-order valence-corrected chi connectivity index (χ0v) is 12.5. The largest absolute Gasteiger partial charge is 0.325 e. The Morgan fingerprint density at radius 3 is 2.67 bits per heavy atom. The predicted octanol–water partition coefficient (Wildman–Crippen LogP) is 3.68. The van der Waals surface area contributed by atoms with E-state index in [-0.39, 0.29) is 11.7 Å². The van der Waals surface area contributed by atoms with Crippen LogP contribution in [0.1, 0.15) is 32.6 Å². The second-order valence-electron chi connectivity index (χ2n) is 5.36. The van der Waals surface area contributed by atoms with E-state index in [0.29, 0.717) is 28.3 Å². The maximum absolute atomic E-state index is 12.7. The average Bonchev–Trinajstić information content (AvgIpc) is 2.79. The average molecular weight is 300 g/mol. The van der Waals surface area contributed by atoms with Crippen LogP contribution in [0.15, 0.2) is 30.3 Å². The summed E-state index contributed by atoms with van der Waals surface area (Å²) in [6, 6.07) is 9.14. The zero-order valence-electron chi connectivity index (χ0n) is 11.8. The molecule has 0 spiro atoms. The quantitative estimate of drug-likeness (QED) is 0.860. The maximum atomic E-state index is 12.7. The molecular weight excluding hydrogens is 286 g/mol. The molecule has 106 valence electrons. The van der Waals surface area contributed by atoms with E-state index in [2.05, 4.69) is 5.32 Å². The monoisotopic (exact) mass is 299 g/mol. The first-order valence-corrected chi connectivity index (χ1v) is 7.08. The molecule has 0 saturated heterocycles. The topological polar surface area (TPSA) is 46.2 Å². The van der Waals surface area contributed by atoms with Gasteiger partial charge in [-0.1, -0.05) is 29.3 Å². The van der Waals surface area contributed by atoms with Gasteiger partial charge < -0.3 is 5.32 Å². The number of anilines is 1. The third-order valence-electron chi connectivity index (χ3n) is 3.70. The minimum Gasteiger partial charge on any atom is -0.325 e. The second-order valence-corrected chi connectivity index (χ2v) is 5.77. The predicted molar refractivity (Wildman–Crippen MR) is 83.1 cm³/mol. The van der Waals surface area contributed by atoms with Gasteiger partial charge in [0, 0.05) is 16.8 Å². The lowest BCUT2D eigenvalue weighted by Gasteiger charge is -2.09. The normalized spacial score (nSPS) is 13.0. The minimum absolute atomic E-state index is 0.0719. The van der Waals surface area contributed by atoms with Gasteiger partial charge in [0.1, 0.15) is 0 Å². The summed E-state index contributed by atoms with van der Waals surface area (Å²) in [5, 5.41) is 3.09. The van der Waals surface area contributed by atoms with Gasteiger partial charge in [0.25, 0.3) is 0 Å². The van der Waals surface area contributed by atoms with E-state index in [1.54, 1.807) is 12.1 Å². The summed E-state index contributed by atoms with van der Waals surface area (Å²) in [6.07, 6.45) is 0.291. The highest BCUT2D eigenvalue weighted by Crippen LogP contribution is 2.31. The van der Waals surface area contributed by atoms with Crippen LogP contribution in [-0.2, 0) is 11.2 Å². The maximum Gasteiger partial charge on any atom is 0.228 e. The van der Waals surface area contributed by atoms with Crippen molar-refractivity contribution in [3.05, 3.63) is 63.2 Å². The van der Waals surface area contributed by atoms with Crippen molar-refractivity contribution in [2.24, 2.45) is 0 Å².